The molecule has 2 aliphatic rings. The largest absolute Gasteiger partial charge is 0.490 e. The summed E-state index contributed by atoms with van der Waals surface area (Å²) in [7, 11) is 4.28. The summed E-state index contributed by atoms with van der Waals surface area (Å²) in [6, 6.07) is 0. The number of carbonyl (C=O) groups excluding carboxylic acids is 2. The molecule has 12 atom stereocenters. The maximum Gasteiger partial charge on any atom is 0.373 e. The average Bonchev–Trinajstić information content (AvgIpc) is 3.07. The monoisotopic (exact) mass is 706 g/mol. The average molecular weight is 707 g/mol. The third-order valence-electron chi connectivity index (χ3n) is 10.0. The Balaban J connectivity index is 2.54. The minimum atomic E-state index is -1.43. The number of allylic oxidation sites excluding steroid dienone is 5. The standard InChI is InChI=1S/C38H58O12/c1-21-13-12-14-29(45-9)36(49-37(44)30(46-10)19-22(2)18-24(4)34(42)23(3)17-21)26(6)35(43)27(7)38(47-11)20-31(25(5)28(8)50-38)48-33(41)16-15-32(39)40/h12-16,18-19,23-29,31,34-36,42-43H,17,20H2,1-11H3,(H,39,40)/b14-12+,16-15+,21-13+,22-18+,30-19-/t23-,24-,25-,26-,27+,28-,29-,31-,34-,35+,36+,38+/m1/s1. The predicted octanol–water partition coefficient (Wildman–Crippen LogP) is 4.90. The molecule has 0 aliphatic carbocycles. The fourth-order valence-corrected chi connectivity index (χ4v) is 6.73. The Morgan fingerprint density at radius 2 is 1.74 bits per heavy atom. The summed E-state index contributed by atoms with van der Waals surface area (Å²) in [5.74, 6) is -6.40. The fraction of sp³-hybridized carbons (Fsp3) is 0.658. The van der Waals surface area contributed by atoms with E-state index < -0.39 is 72.2 Å². The van der Waals surface area contributed by atoms with Crippen molar-refractivity contribution in [2.45, 2.75) is 111 Å². The number of aliphatic hydroxyl groups excluding tert-OH is 2. The van der Waals surface area contributed by atoms with Gasteiger partial charge in [-0.3, -0.25) is 0 Å². The van der Waals surface area contributed by atoms with Crippen molar-refractivity contribution in [1.29, 1.82) is 0 Å². The number of esters is 2. The second-order valence-electron chi connectivity index (χ2n) is 13.8. The lowest BCUT2D eigenvalue weighted by Crippen LogP contribution is -2.59. The molecule has 0 aromatic rings. The van der Waals surface area contributed by atoms with Crippen molar-refractivity contribution in [3.8, 4) is 0 Å². The first kappa shape index (κ1) is 42.9. The summed E-state index contributed by atoms with van der Waals surface area (Å²) < 4.78 is 35.3. The zero-order valence-corrected chi connectivity index (χ0v) is 31.3. The molecule has 0 spiro atoms. The van der Waals surface area contributed by atoms with Crippen molar-refractivity contribution >= 4 is 17.9 Å². The molecule has 0 aromatic carbocycles. The Kier molecular flexibility index (Phi) is 16.6. The second kappa shape index (κ2) is 19.4. The topological polar surface area (TPSA) is 167 Å². The van der Waals surface area contributed by atoms with Crippen molar-refractivity contribution in [1.82, 2.24) is 0 Å². The Morgan fingerprint density at radius 3 is 2.32 bits per heavy atom. The van der Waals surface area contributed by atoms with E-state index in [1.165, 1.54) is 21.3 Å². The molecule has 0 aromatic heterocycles. The van der Waals surface area contributed by atoms with Gasteiger partial charge >= 0.3 is 17.9 Å². The van der Waals surface area contributed by atoms with E-state index in [4.69, 9.17) is 33.5 Å². The number of ether oxygens (including phenoxy) is 6. The maximum absolute atomic E-state index is 13.6. The summed E-state index contributed by atoms with van der Waals surface area (Å²) in [6.45, 7) is 14.8. The molecular formula is C38H58O12. The molecule has 1 fully saturated rings. The number of cyclic esters (lactones) is 1. The van der Waals surface area contributed by atoms with Crippen molar-refractivity contribution in [2.24, 2.45) is 29.6 Å². The van der Waals surface area contributed by atoms with Gasteiger partial charge in [0.2, 0.25) is 5.76 Å². The van der Waals surface area contributed by atoms with E-state index in [1.54, 1.807) is 39.0 Å². The number of rotatable bonds is 10. The molecule has 3 N–H and O–H groups in total. The van der Waals surface area contributed by atoms with Crippen LogP contribution in [0, 0.1) is 29.6 Å². The summed E-state index contributed by atoms with van der Waals surface area (Å²) in [4.78, 5) is 37.0. The number of carboxylic acids is 1. The molecule has 2 aliphatic heterocycles. The highest BCUT2D eigenvalue weighted by atomic mass is 16.7. The molecule has 0 amide bonds. The highest BCUT2D eigenvalue weighted by Gasteiger charge is 2.53. The van der Waals surface area contributed by atoms with Gasteiger partial charge in [0, 0.05) is 56.5 Å². The molecule has 0 bridgehead atoms. The smallest absolute Gasteiger partial charge is 0.373 e. The zero-order chi connectivity index (χ0) is 37.9. The van der Waals surface area contributed by atoms with Crippen LogP contribution in [0.5, 0.6) is 0 Å². The predicted molar refractivity (Wildman–Crippen MR) is 186 cm³/mol. The number of methoxy groups -OCH3 is 3. The molecule has 12 heteroatoms. The Morgan fingerprint density at radius 1 is 1.08 bits per heavy atom. The molecular weight excluding hydrogens is 648 g/mol. The van der Waals surface area contributed by atoms with Crippen LogP contribution in [0.1, 0.15) is 68.2 Å². The molecule has 0 saturated carbocycles. The molecule has 0 unspecified atom stereocenters. The molecule has 2 heterocycles. The van der Waals surface area contributed by atoms with Crippen molar-refractivity contribution in [3.63, 3.8) is 0 Å². The van der Waals surface area contributed by atoms with Crippen LogP contribution in [-0.2, 0) is 42.8 Å². The number of aliphatic carboxylic acids is 1. The SMILES string of the molecule is CO/C1=C\C(C)=C\[C@@H](C)[C@H](O)[C@H](C)C/C(C)=C/C=C/[C@@H](OC)[C@H]([C@H](C)[C@H](O)[C@H](C)[C@]2(OC)C[C@@H](OC(=O)/C=C/C(=O)O)[C@H](C)[C@@H](C)O2)OC1=O. The summed E-state index contributed by atoms with van der Waals surface area (Å²) in [5, 5.41) is 31.8. The van der Waals surface area contributed by atoms with Gasteiger partial charge in [0.15, 0.2) is 5.79 Å². The highest BCUT2D eigenvalue weighted by Crippen LogP contribution is 2.43. The van der Waals surface area contributed by atoms with E-state index >= 15 is 0 Å². The van der Waals surface area contributed by atoms with E-state index in [0.29, 0.717) is 18.1 Å². The van der Waals surface area contributed by atoms with Crippen LogP contribution in [0.2, 0.25) is 0 Å². The van der Waals surface area contributed by atoms with Gasteiger partial charge in [-0.1, -0.05) is 70.1 Å². The molecule has 282 valence electrons. The lowest BCUT2D eigenvalue weighted by atomic mass is 9.77. The van der Waals surface area contributed by atoms with Gasteiger partial charge in [0.25, 0.3) is 0 Å². The fourth-order valence-electron chi connectivity index (χ4n) is 6.73. The van der Waals surface area contributed by atoms with Gasteiger partial charge < -0.3 is 43.7 Å². The third kappa shape index (κ3) is 11.4. The van der Waals surface area contributed by atoms with Gasteiger partial charge in [-0.05, 0) is 39.2 Å². The summed E-state index contributed by atoms with van der Waals surface area (Å²) >= 11 is 0. The van der Waals surface area contributed by atoms with Crippen LogP contribution >= 0.6 is 0 Å². The highest BCUT2D eigenvalue weighted by molar-refractivity contribution is 5.90. The van der Waals surface area contributed by atoms with Crippen molar-refractivity contribution in [3.05, 3.63) is 59.4 Å². The lowest BCUT2D eigenvalue weighted by molar-refractivity contribution is -0.330. The van der Waals surface area contributed by atoms with E-state index in [9.17, 15) is 24.6 Å². The number of carbonyl (C=O) groups is 3. The van der Waals surface area contributed by atoms with Crippen LogP contribution in [0.25, 0.3) is 0 Å². The van der Waals surface area contributed by atoms with Gasteiger partial charge in [0.1, 0.15) is 18.3 Å². The Hall–Kier alpha value is -3.29. The van der Waals surface area contributed by atoms with Crippen molar-refractivity contribution in [2.75, 3.05) is 21.3 Å². The second-order valence-corrected chi connectivity index (χ2v) is 13.8. The first-order chi connectivity index (χ1) is 23.4. The van der Waals surface area contributed by atoms with E-state index in [-0.39, 0.29) is 29.9 Å². The lowest BCUT2D eigenvalue weighted by Gasteiger charge is -2.50. The van der Waals surface area contributed by atoms with Gasteiger partial charge in [-0.25, -0.2) is 14.4 Å². The van der Waals surface area contributed by atoms with E-state index in [0.717, 1.165) is 11.6 Å². The van der Waals surface area contributed by atoms with Gasteiger partial charge in [-0.15, -0.1) is 0 Å². The minimum absolute atomic E-state index is 0.0322. The van der Waals surface area contributed by atoms with Crippen LogP contribution in [0.15, 0.2) is 59.4 Å². The zero-order valence-electron chi connectivity index (χ0n) is 31.3. The van der Waals surface area contributed by atoms with E-state index in [1.807, 2.05) is 46.8 Å². The number of hydrogen-bond donors (Lipinski definition) is 3. The third-order valence-corrected chi connectivity index (χ3v) is 10.0. The van der Waals surface area contributed by atoms with E-state index in [2.05, 4.69) is 0 Å². The molecule has 12 nitrogen and oxygen atoms in total. The first-order valence-electron chi connectivity index (χ1n) is 17.1. The Labute approximate surface area is 296 Å². The van der Waals surface area contributed by atoms with Crippen LogP contribution in [-0.4, -0.2) is 97.0 Å². The Bertz CT molecular complexity index is 1310. The molecule has 1 saturated heterocycles. The number of hydrogen-bond acceptors (Lipinski definition) is 11. The number of aliphatic hydroxyl groups is 2. The van der Waals surface area contributed by atoms with Crippen LogP contribution in [0.4, 0.5) is 0 Å². The molecule has 0 radical (unpaired) electrons. The maximum atomic E-state index is 13.6. The molecule has 2 rings (SSSR count). The van der Waals surface area contributed by atoms with Crippen LogP contribution in [0.3, 0.4) is 0 Å². The number of carboxylic acid groups (broad SMARTS) is 1. The normalized spacial score (nSPS) is 37.5. The quantitative estimate of drug-likeness (QED) is 0.208. The van der Waals surface area contributed by atoms with Crippen molar-refractivity contribution < 1.29 is 58.1 Å². The van der Waals surface area contributed by atoms with Gasteiger partial charge in [-0.2, -0.15) is 0 Å². The summed E-state index contributed by atoms with van der Waals surface area (Å²) in [6.07, 6.45) is 6.32. The minimum Gasteiger partial charge on any atom is -0.490 e. The molecule has 50 heavy (non-hydrogen) atoms. The van der Waals surface area contributed by atoms with Gasteiger partial charge in [0.05, 0.1) is 25.4 Å². The van der Waals surface area contributed by atoms with Crippen LogP contribution < -0.4 is 0 Å². The first-order valence-corrected chi connectivity index (χ1v) is 17.1. The summed E-state index contributed by atoms with van der Waals surface area (Å²) in [5.41, 5.74) is 1.74.